The van der Waals surface area contributed by atoms with Crippen molar-refractivity contribution >= 4 is 27.7 Å². The van der Waals surface area contributed by atoms with Crippen molar-refractivity contribution in [1.29, 1.82) is 0 Å². The van der Waals surface area contributed by atoms with Gasteiger partial charge in [0, 0.05) is 42.6 Å². The fourth-order valence-corrected chi connectivity index (χ4v) is 4.23. The van der Waals surface area contributed by atoms with E-state index >= 15 is 0 Å². The molecule has 3 rings (SSSR count). The highest BCUT2D eigenvalue weighted by atomic mass is 79.9. The quantitative estimate of drug-likeness (QED) is 0.239. The first-order valence-corrected chi connectivity index (χ1v) is 13.1. The van der Waals surface area contributed by atoms with Crippen LogP contribution in [0.4, 0.5) is 0 Å². The summed E-state index contributed by atoms with van der Waals surface area (Å²) in [5.74, 6) is 0.855. The van der Waals surface area contributed by atoms with Gasteiger partial charge in [0.2, 0.25) is 5.90 Å². The molecule has 0 aliphatic carbocycles. The number of aliphatic hydroxyl groups is 1. The van der Waals surface area contributed by atoms with Crippen LogP contribution in [0.15, 0.2) is 58.0 Å². The van der Waals surface area contributed by atoms with Crippen LogP contribution < -0.4 is 15.6 Å². The van der Waals surface area contributed by atoms with Crippen molar-refractivity contribution in [2.45, 2.75) is 57.8 Å². The van der Waals surface area contributed by atoms with Crippen LogP contribution in [0.5, 0.6) is 5.75 Å². The van der Waals surface area contributed by atoms with Gasteiger partial charge in [0.05, 0.1) is 12.7 Å². The molecular weight excluding hydrogens is 526 g/mol. The molecule has 0 radical (unpaired) electrons. The average molecular weight is 563 g/mol. The Labute approximate surface area is 221 Å². The van der Waals surface area contributed by atoms with Gasteiger partial charge in [0.15, 0.2) is 5.54 Å². The molecule has 36 heavy (non-hydrogen) atoms. The summed E-state index contributed by atoms with van der Waals surface area (Å²) < 4.78 is 18.2. The number of hydrogen-bond donors (Lipinski definition) is 3. The maximum absolute atomic E-state index is 13.6. The summed E-state index contributed by atoms with van der Waals surface area (Å²) in [7, 11) is 0. The zero-order valence-electron chi connectivity index (χ0n) is 21.1. The van der Waals surface area contributed by atoms with Crippen molar-refractivity contribution < 1.29 is 24.1 Å². The molecule has 2 atom stereocenters. The summed E-state index contributed by atoms with van der Waals surface area (Å²) in [5.41, 5.74) is 6.43. The SMILES string of the molecule is CC(C)OCCCNNC(=O)[C@@]1(Cc2ccccc2Br)N=C(c2ccc(OCCCO)cc2)O[C@H]1C. The van der Waals surface area contributed by atoms with Gasteiger partial charge in [-0.1, -0.05) is 34.1 Å². The lowest BCUT2D eigenvalue weighted by Crippen LogP contribution is -2.56. The third kappa shape index (κ3) is 7.52. The molecular formula is C27H36BrN3O5. The molecule has 1 aliphatic heterocycles. The van der Waals surface area contributed by atoms with Crippen LogP contribution in [-0.2, 0) is 20.7 Å². The predicted molar refractivity (Wildman–Crippen MR) is 143 cm³/mol. The van der Waals surface area contributed by atoms with Crippen molar-refractivity contribution in [1.82, 2.24) is 10.9 Å². The van der Waals surface area contributed by atoms with Gasteiger partial charge in [-0.25, -0.2) is 10.4 Å². The lowest BCUT2D eigenvalue weighted by atomic mass is 9.86. The number of nitrogens with one attached hydrogen (secondary N) is 2. The molecule has 0 aromatic heterocycles. The summed E-state index contributed by atoms with van der Waals surface area (Å²) in [4.78, 5) is 18.4. The molecule has 9 heteroatoms. The minimum atomic E-state index is -1.16. The molecule has 1 amide bonds. The van der Waals surface area contributed by atoms with E-state index in [1.165, 1.54) is 0 Å². The minimum absolute atomic E-state index is 0.0862. The number of carbonyl (C=O) groups excluding carboxylic acids is 1. The fourth-order valence-electron chi connectivity index (χ4n) is 3.81. The minimum Gasteiger partial charge on any atom is -0.494 e. The van der Waals surface area contributed by atoms with E-state index < -0.39 is 11.6 Å². The van der Waals surface area contributed by atoms with Crippen LogP contribution >= 0.6 is 15.9 Å². The lowest BCUT2D eigenvalue weighted by molar-refractivity contribution is -0.129. The Hall–Kier alpha value is -2.46. The maximum atomic E-state index is 13.6. The number of aliphatic imine (C=N–C) groups is 1. The van der Waals surface area contributed by atoms with Gasteiger partial charge in [-0.15, -0.1) is 0 Å². The second kappa shape index (κ2) is 13.7. The number of nitrogens with zero attached hydrogens (tertiary/aromatic N) is 1. The van der Waals surface area contributed by atoms with Crippen LogP contribution in [0.25, 0.3) is 0 Å². The van der Waals surface area contributed by atoms with E-state index in [0.717, 1.165) is 22.0 Å². The van der Waals surface area contributed by atoms with Crippen molar-refractivity contribution in [2.75, 3.05) is 26.4 Å². The Morgan fingerprint density at radius 2 is 1.92 bits per heavy atom. The van der Waals surface area contributed by atoms with Gasteiger partial charge < -0.3 is 19.3 Å². The molecule has 0 fully saturated rings. The molecule has 0 unspecified atom stereocenters. The van der Waals surface area contributed by atoms with E-state index in [9.17, 15) is 4.79 Å². The standard InChI is InChI=1S/C27H36BrN3O5/c1-19(2)34-16-6-14-29-31-26(33)27(18-22-8-4-5-9-24(22)28)20(3)36-25(30-27)21-10-12-23(13-11-21)35-17-7-15-32/h4-5,8-13,19-20,29,32H,6-7,14-18H2,1-3H3,(H,31,33)/t20-,27-/m0/s1. The highest BCUT2D eigenvalue weighted by Crippen LogP contribution is 2.34. The number of halogens is 1. The van der Waals surface area contributed by atoms with E-state index in [1.807, 2.05) is 69.3 Å². The second-order valence-corrected chi connectivity index (χ2v) is 9.83. The predicted octanol–water partition coefficient (Wildman–Crippen LogP) is 3.79. The molecule has 2 aromatic rings. The molecule has 0 saturated heterocycles. The monoisotopic (exact) mass is 561 g/mol. The first-order chi connectivity index (χ1) is 17.4. The van der Waals surface area contributed by atoms with Gasteiger partial charge in [0.25, 0.3) is 5.91 Å². The first-order valence-electron chi connectivity index (χ1n) is 12.3. The molecule has 1 aliphatic rings. The van der Waals surface area contributed by atoms with Crippen LogP contribution in [0.1, 0.15) is 44.7 Å². The molecule has 0 saturated carbocycles. The molecule has 8 nitrogen and oxygen atoms in total. The number of hydrazine groups is 1. The van der Waals surface area contributed by atoms with Crippen LogP contribution in [0.3, 0.4) is 0 Å². The molecule has 1 heterocycles. The van der Waals surface area contributed by atoms with Gasteiger partial charge in [0.1, 0.15) is 11.9 Å². The van der Waals surface area contributed by atoms with E-state index in [4.69, 9.17) is 24.3 Å². The molecule has 0 bridgehead atoms. The average Bonchev–Trinajstić information content (AvgIpc) is 3.20. The molecule has 196 valence electrons. The fraction of sp³-hybridized carbons (Fsp3) is 0.481. The van der Waals surface area contributed by atoms with Crippen LogP contribution in [-0.4, -0.2) is 61.0 Å². The van der Waals surface area contributed by atoms with E-state index in [0.29, 0.717) is 44.2 Å². The summed E-state index contributed by atoms with van der Waals surface area (Å²) in [6.07, 6.45) is 1.39. The van der Waals surface area contributed by atoms with E-state index in [1.54, 1.807) is 0 Å². The van der Waals surface area contributed by atoms with E-state index in [-0.39, 0.29) is 18.6 Å². The number of hydrogen-bond acceptors (Lipinski definition) is 7. The summed E-state index contributed by atoms with van der Waals surface area (Å²) in [6.45, 7) is 7.58. The third-order valence-corrected chi connectivity index (χ3v) is 6.62. The number of ether oxygens (including phenoxy) is 3. The topological polar surface area (TPSA) is 101 Å². The number of benzene rings is 2. The van der Waals surface area contributed by atoms with Gasteiger partial charge in [-0.3, -0.25) is 10.2 Å². The van der Waals surface area contributed by atoms with Gasteiger partial charge in [-0.2, -0.15) is 0 Å². The molecule has 3 N–H and O–H groups in total. The summed E-state index contributed by atoms with van der Waals surface area (Å²) >= 11 is 3.60. The van der Waals surface area contributed by atoms with Gasteiger partial charge >= 0.3 is 0 Å². The maximum Gasteiger partial charge on any atom is 0.266 e. The van der Waals surface area contributed by atoms with Gasteiger partial charge in [-0.05, 0) is 63.1 Å². The van der Waals surface area contributed by atoms with Crippen molar-refractivity contribution in [3.05, 3.63) is 64.1 Å². The first kappa shape index (κ1) is 28.1. The summed E-state index contributed by atoms with van der Waals surface area (Å²) in [5, 5.41) is 8.93. The summed E-state index contributed by atoms with van der Waals surface area (Å²) in [6, 6.07) is 15.2. The van der Waals surface area contributed by atoms with Crippen molar-refractivity contribution in [3.63, 3.8) is 0 Å². The zero-order chi connectivity index (χ0) is 26.0. The van der Waals surface area contributed by atoms with Crippen LogP contribution in [0, 0.1) is 0 Å². The van der Waals surface area contributed by atoms with Crippen molar-refractivity contribution in [2.24, 2.45) is 4.99 Å². The third-order valence-electron chi connectivity index (χ3n) is 5.84. The highest BCUT2D eigenvalue weighted by molar-refractivity contribution is 9.10. The smallest absolute Gasteiger partial charge is 0.266 e. The Morgan fingerprint density at radius 1 is 1.17 bits per heavy atom. The zero-order valence-corrected chi connectivity index (χ0v) is 22.7. The Kier molecular flexibility index (Phi) is 10.7. The van der Waals surface area contributed by atoms with E-state index in [2.05, 4.69) is 26.8 Å². The Bertz CT molecular complexity index is 1010. The van der Waals surface area contributed by atoms with Crippen LogP contribution in [0.2, 0.25) is 0 Å². The lowest BCUT2D eigenvalue weighted by Gasteiger charge is -2.28. The second-order valence-electron chi connectivity index (χ2n) is 8.97. The molecule has 0 spiro atoms. The molecule has 2 aromatic carbocycles. The normalized spacial score (nSPS) is 19.2. The number of rotatable bonds is 14. The van der Waals surface area contributed by atoms with Crippen molar-refractivity contribution in [3.8, 4) is 5.75 Å². The number of aliphatic hydroxyl groups excluding tert-OH is 1. The Morgan fingerprint density at radius 3 is 2.61 bits per heavy atom. The largest absolute Gasteiger partial charge is 0.494 e. The number of amides is 1. The number of carbonyl (C=O) groups is 1. The Balaban J connectivity index is 1.78. The highest BCUT2D eigenvalue weighted by Gasteiger charge is 2.50.